The van der Waals surface area contributed by atoms with Crippen LogP contribution in [-0.2, 0) is 4.79 Å². The second-order valence-corrected chi connectivity index (χ2v) is 6.64. The summed E-state index contributed by atoms with van der Waals surface area (Å²) < 4.78 is 1.52. The largest absolute Gasteiger partial charge is 0.300 e. The fourth-order valence-corrected chi connectivity index (χ4v) is 3.32. The first-order chi connectivity index (χ1) is 13.1. The molecule has 8 nitrogen and oxygen atoms in total. The monoisotopic (exact) mass is 379 g/mol. The highest BCUT2D eigenvalue weighted by atomic mass is 32.1. The summed E-state index contributed by atoms with van der Waals surface area (Å²) in [5.41, 5.74) is 1.15. The number of amides is 1. The summed E-state index contributed by atoms with van der Waals surface area (Å²) in [6, 6.07) is 12.9. The van der Waals surface area contributed by atoms with E-state index in [4.69, 9.17) is 0 Å². The maximum absolute atomic E-state index is 12.9. The molecule has 1 N–H and O–H groups in total. The number of nitrogens with one attached hydrogen (secondary N) is 1. The Hall–Kier alpha value is -3.59. The summed E-state index contributed by atoms with van der Waals surface area (Å²) in [6.45, 7) is 0. The first kappa shape index (κ1) is 16.9. The number of anilines is 1. The van der Waals surface area contributed by atoms with Gasteiger partial charge in [-0.25, -0.2) is 4.98 Å². The van der Waals surface area contributed by atoms with Crippen LogP contribution in [0.2, 0.25) is 0 Å². The van der Waals surface area contributed by atoms with E-state index in [1.165, 1.54) is 28.2 Å². The van der Waals surface area contributed by atoms with Gasteiger partial charge in [-0.05, 0) is 11.6 Å². The average Bonchev–Trinajstić information content (AvgIpc) is 3.31. The zero-order valence-corrected chi connectivity index (χ0v) is 14.7. The molecule has 0 radical (unpaired) electrons. The number of fused-ring (bicyclic) bond motifs is 1. The molecule has 0 unspecified atom stereocenters. The summed E-state index contributed by atoms with van der Waals surface area (Å²) >= 11 is 1.32. The number of thiazole rings is 1. The third-order valence-corrected chi connectivity index (χ3v) is 4.70. The molecular formula is C18H13N5O3S. The van der Waals surface area contributed by atoms with Crippen molar-refractivity contribution in [2.45, 2.75) is 6.04 Å². The molecule has 0 saturated heterocycles. The van der Waals surface area contributed by atoms with Crippen LogP contribution >= 0.6 is 11.3 Å². The Labute approximate surface area is 157 Å². The molecule has 134 valence electrons. The van der Waals surface area contributed by atoms with Gasteiger partial charge >= 0.3 is 0 Å². The van der Waals surface area contributed by atoms with Gasteiger partial charge in [-0.3, -0.25) is 24.9 Å². The van der Waals surface area contributed by atoms with E-state index in [0.29, 0.717) is 16.0 Å². The lowest BCUT2D eigenvalue weighted by Gasteiger charge is -2.17. The lowest BCUT2D eigenvalue weighted by molar-refractivity contribution is -0.384. The average molecular weight is 379 g/mol. The number of carbonyl (C=O) groups is 1. The van der Waals surface area contributed by atoms with Gasteiger partial charge in [0.05, 0.1) is 10.4 Å². The van der Waals surface area contributed by atoms with E-state index < -0.39 is 11.0 Å². The first-order valence-electron chi connectivity index (χ1n) is 8.00. The SMILES string of the molecule is O=C(Nc1nccs1)[C@@H](c1ccccc1)n1cc2ccc([N+](=O)[O-])cc2n1. The van der Waals surface area contributed by atoms with Crippen molar-refractivity contribution < 1.29 is 9.72 Å². The number of carbonyl (C=O) groups excluding carboxylic acids is 1. The van der Waals surface area contributed by atoms with E-state index in [2.05, 4.69) is 15.4 Å². The Balaban J connectivity index is 1.77. The number of rotatable bonds is 5. The fraction of sp³-hybridized carbons (Fsp3) is 0.0556. The highest BCUT2D eigenvalue weighted by molar-refractivity contribution is 7.13. The third kappa shape index (κ3) is 3.40. The minimum absolute atomic E-state index is 0.0451. The predicted molar refractivity (Wildman–Crippen MR) is 102 cm³/mol. The first-order valence-corrected chi connectivity index (χ1v) is 8.88. The van der Waals surface area contributed by atoms with Crippen LogP contribution in [0, 0.1) is 10.1 Å². The highest BCUT2D eigenvalue weighted by Gasteiger charge is 2.25. The Morgan fingerprint density at radius 3 is 2.74 bits per heavy atom. The quantitative estimate of drug-likeness (QED) is 0.421. The topological polar surface area (TPSA) is 103 Å². The van der Waals surface area contributed by atoms with Crippen molar-refractivity contribution >= 4 is 39.0 Å². The molecular weight excluding hydrogens is 366 g/mol. The van der Waals surface area contributed by atoms with Gasteiger partial charge in [0, 0.05) is 35.3 Å². The molecule has 4 aromatic rings. The standard InChI is InChI=1S/C18H13N5O3S/c24-17(20-18-19-8-9-27-18)16(12-4-2-1-3-5-12)22-11-13-6-7-14(23(25)26)10-15(13)21-22/h1-11,16H,(H,19,20,24)/t16-/m1/s1. The molecule has 0 aliphatic rings. The summed E-state index contributed by atoms with van der Waals surface area (Å²) in [5.74, 6) is -0.293. The normalized spacial score (nSPS) is 12.0. The number of benzene rings is 2. The van der Waals surface area contributed by atoms with E-state index in [1.807, 2.05) is 30.3 Å². The number of hydrogen-bond acceptors (Lipinski definition) is 6. The molecule has 1 atom stereocenters. The molecule has 0 aliphatic carbocycles. The third-order valence-electron chi connectivity index (χ3n) is 4.01. The van der Waals surface area contributed by atoms with Crippen molar-refractivity contribution in [2.24, 2.45) is 0 Å². The second-order valence-electron chi connectivity index (χ2n) is 5.75. The fourth-order valence-electron chi connectivity index (χ4n) is 2.79. The molecule has 0 aliphatic heterocycles. The van der Waals surface area contributed by atoms with Crippen molar-refractivity contribution in [1.82, 2.24) is 14.8 Å². The molecule has 0 saturated carbocycles. The van der Waals surface area contributed by atoms with Crippen LogP contribution in [0.4, 0.5) is 10.8 Å². The number of nitro groups is 1. The zero-order valence-electron chi connectivity index (χ0n) is 13.9. The molecule has 2 heterocycles. The lowest BCUT2D eigenvalue weighted by atomic mass is 10.1. The van der Waals surface area contributed by atoms with Crippen LogP contribution in [-0.4, -0.2) is 25.6 Å². The summed E-state index contributed by atoms with van der Waals surface area (Å²) in [6.07, 6.45) is 3.32. The number of nitrogens with zero attached hydrogens (tertiary/aromatic N) is 4. The molecule has 0 fully saturated rings. The number of nitro benzene ring substituents is 1. The van der Waals surface area contributed by atoms with E-state index in [1.54, 1.807) is 23.8 Å². The van der Waals surface area contributed by atoms with Gasteiger partial charge in [-0.1, -0.05) is 30.3 Å². The van der Waals surface area contributed by atoms with E-state index >= 15 is 0 Å². The van der Waals surface area contributed by atoms with Gasteiger partial charge in [-0.2, -0.15) is 5.10 Å². The second kappa shape index (κ2) is 6.96. The molecule has 1 amide bonds. The minimum atomic E-state index is -0.735. The predicted octanol–water partition coefficient (Wildman–Crippen LogP) is 3.63. The summed E-state index contributed by atoms with van der Waals surface area (Å²) in [4.78, 5) is 27.6. The number of hydrogen-bond donors (Lipinski definition) is 1. The molecule has 0 bridgehead atoms. The molecule has 0 spiro atoms. The smallest absolute Gasteiger partial charge is 0.271 e. The lowest BCUT2D eigenvalue weighted by Crippen LogP contribution is -2.27. The summed E-state index contributed by atoms with van der Waals surface area (Å²) in [7, 11) is 0. The van der Waals surface area contributed by atoms with Crippen LogP contribution in [0.15, 0.2) is 66.3 Å². The van der Waals surface area contributed by atoms with Crippen molar-refractivity contribution in [3.05, 3.63) is 82.0 Å². The van der Waals surface area contributed by atoms with Crippen molar-refractivity contribution in [3.8, 4) is 0 Å². The van der Waals surface area contributed by atoms with Crippen LogP contribution in [0.1, 0.15) is 11.6 Å². The van der Waals surface area contributed by atoms with Crippen LogP contribution in [0.5, 0.6) is 0 Å². The van der Waals surface area contributed by atoms with Gasteiger partial charge < -0.3 is 0 Å². The summed E-state index contributed by atoms with van der Waals surface area (Å²) in [5, 5.41) is 21.2. The number of non-ortho nitro benzene ring substituents is 1. The van der Waals surface area contributed by atoms with Crippen LogP contribution in [0.25, 0.3) is 10.9 Å². The molecule has 2 aromatic heterocycles. The maximum Gasteiger partial charge on any atom is 0.271 e. The van der Waals surface area contributed by atoms with E-state index in [9.17, 15) is 14.9 Å². The Morgan fingerprint density at radius 1 is 1.22 bits per heavy atom. The molecule has 27 heavy (non-hydrogen) atoms. The van der Waals surface area contributed by atoms with Crippen LogP contribution in [0.3, 0.4) is 0 Å². The maximum atomic E-state index is 12.9. The number of aromatic nitrogens is 3. The minimum Gasteiger partial charge on any atom is -0.300 e. The molecule has 9 heteroatoms. The molecule has 4 rings (SSSR count). The van der Waals surface area contributed by atoms with Gasteiger partial charge in [0.2, 0.25) is 0 Å². The Morgan fingerprint density at radius 2 is 2.04 bits per heavy atom. The Kier molecular flexibility index (Phi) is 4.35. The van der Waals surface area contributed by atoms with Gasteiger partial charge in [0.1, 0.15) is 0 Å². The van der Waals surface area contributed by atoms with E-state index in [0.717, 1.165) is 5.56 Å². The highest BCUT2D eigenvalue weighted by Crippen LogP contribution is 2.25. The van der Waals surface area contributed by atoms with Crippen molar-refractivity contribution in [3.63, 3.8) is 0 Å². The van der Waals surface area contributed by atoms with E-state index in [-0.39, 0.29) is 11.6 Å². The van der Waals surface area contributed by atoms with Gasteiger partial charge in [0.15, 0.2) is 11.2 Å². The van der Waals surface area contributed by atoms with Crippen LogP contribution < -0.4 is 5.32 Å². The Bertz CT molecular complexity index is 1110. The van der Waals surface area contributed by atoms with Crippen molar-refractivity contribution in [2.75, 3.05) is 5.32 Å². The molecule has 2 aromatic carbocycles. The van der Waals surface area contributed by atoms with Gasteiger partial charge in [-0.15, -0.1) is 11.3 Å². The zero-order chi connectivity index (χ0) is 18.8. The van der Waals surface area contributed by atoms with Gasteiger partial charge in [0.25, 0.3) is 11.6 Å². The van der Waals surface area contributed by atoms with Crippen molar-refractivity contribution in [1.29, 1.82) is 0 Å².